The Hall–Kier alpha value is -1.55. The van der Waals surface area contributed by atoms with E-state index < -0.39 is 11.9 Å². The molecule has 1 aromatic carbocycles. The molecular formula is C14H14ClNO3. The number of carboxylic acids is 1. The van der Waals surface area contributed by atoms with Crippen molar-refractivity contribution in [2.45, 2.75) is 19.3 Å². The van der Waals surface area contributed by atoms with Gasteiger partial charge in [0.05, 0.1) is 16.6 Å². The van der Waals surface area contributed by atoms with Gasteiger partial charge in [-0.1, -0.05) is 11.6 Å². The molecular weight excluding hydrogens is 266 g/mol. The van der Waals surface area contributed by atoms with Crippen molar-refractivity contribution in [2.24, 2.45) is 11.8 Å². The molecule has 1 heterocycles. The van der Waals surface area contributed by atoms with E-state index in [9.17, 15) is 9.59 Å². The van der Waals surface area contributed by atoms with E-state index in [2.05, 4.69) is 5.32 Å². The molecule has 2 aliphatic rings. The molecule has 0 spiro atoms. The molecule has 3 rings (SSSR count). The van der Waals surface area contributed by atoms with E-state index in [1.165, 1.54) is 0 Å². The first-order valence-electron chi connectivity index (χ1n) is 6.41. The quantitative estimate of drug-likeness (QED) is 0.835. The summed E-state index contributed by atoms with van der Waals surface area (Å²) < 4.78 is 0. The highest BCUT2D eigenvalue weighted by Crippen LogP contribution is 2.42. The highest BCUT2D eigenvalue weighted by Gasteiger charge is 2.48. The van der Waals surface area contributed by atoms with Gasteiger partial charge in [0.2, 0.25) is 0 Å². The summed E-state index contributed by atoms with van der Waals surface area (Å²) in [6, 6.07) is 3.51. The highest BCUT2D eigenvalue weighted by molar-refractivity contribution is 6.34. The zero-order chi connectivity index (χ0) is 13.6. The molecule has 1 saturated carbocycles. The van der Waals surface area contributed by atoms with Crippen LogP contribution in [-0.2, 0) is 11.2 Å². The molecule has 2 N–H and O–H groups in total. The lowest BCUT2D eigenvalue weighted by Crippen LogP contribution is -2.14. The number of aryl methyl sites for hydroxylation is 1. The predicted molar refractivity (Wildman–Crippen MR) is 71.8 cm³/mol. The molecule has 4 nitrogen and oxygen atoms in total. The fraction of sp³-hybridized carbons (Fsp3) is 0.429. The number of nitrogens with one attached hydrogen (secondary N) is 1. The molecule has 1 aliphatic heterocycles. The lowest BCUT2D eigenvalue weighted by atomic mass is 9.97. The van der Waals surface area contributed by atoms with Gasteiger partial charge in [-0.05, 0) is 37.0 Å². The van der Waals surface area contributed by atoms with Crippen LogP contribution in [0.4, 0.5) is 5.69 Å². The number of anilines is 1. The number of fused-ring (bicyclic) bond motifs is 1. The summed E-state index contributed by atoms with van der Waals surface area (Å²) in [5, 5.41) is 12.7. The van der Waals surface area contributed by atoms with Crippen molar-refractivity contribution in [3.8, 4) is 0 Å². The summed E-state index contributed by atoms with van der Waals surface area (Å²) in [5.74, 6) is -1.87. The summed E-state index contributed by atoms with van der Waals surface area (Å²) in [6.45, 7) is 0.893. The molecule has 1 aliphatic carbocycles. The number of rotatable bonds is 3. The maximum Gasteiger partial charge on any atom is 0.307 e. The Morgan fingerprint density at radius 1 is 1.32 bits per heavy atom. The average Bonchev–Trinajstić information content (AvgIpc) is 3.18. The van der Waals surface area contributed by atoms with Gasteiger partial charge in [0.1, 0.15) is 0 Å². The zero-order valence-electron chi connectivity index (χ0n) is 10.3. The number of aliphatic carboxylic acids is 1. The van der Waals surface area contributed by atoms with Crippen molar-refractivity contribution >= 4 is 29.0 Å². The molecule has 1 fully saturated rings. The van der Waals surface area contributed by atoms with Crippen molar-refractivity contribution in [3.63, 3.8) is 0 Å². The Balaban J connectivity index is 1.88. The highest BCUT2D eigenvalue weighted by atomic mass is 35.5. The van der Waals surface area contributed by atoms with E-state index in [0.29, 0.717) is 17.0 Å². The van der Waals surface area contributed by atoms with Crippen LogP contribution in [0.1, 0.15) is 28.8 Å². The van der Waals surface area contributed by atoms with Gasteiger partial charge in [0.25, 0.3) is 0 Å². The van der Waals surface area contributed by atoms with Crippen LogP contribution >= 0.6 is 11.6 Å². The third-order valence-corrected chi connectivity index (χ3v) is 4.12. The summed E-state index contributed by atoms with van der Waals surface area (Å²) in [5.41, 5.74) is 2.51. The van der Waals surface area contributed by atoms with Crippen LogP contribution < -0.4 is 5.32 Å². The minimum atomic E-state index is -0.885. The lowest BCUT2D eigenvalue weighted by molar-refractivity contribution is -0.138. The molecule has 100 valence electrons. The lowest BCUT2D eigenvalue weighted by Gasteiger charge is -2.20. The number of carbonyl (C=O) groups excluding carboxylic acids is 1. The van der Waals surface area contributed by atoms with E-state index in [1.807, 2.05) is 6.07 Å². The molecule has 0 saturated heterocycles. The van der Waals surface area contributed by atoms with Crippen LogP contribution in [0.15, 0.2) is 12.1 Å². The van der Waals surface area contributed by atoms with Crippen LogP contribution in [0, 0.1) is 11.8 Å². The van der Waals surface area contributed by atoms with Crippen molar-refractivity contribution < 1.29 is 14.7 Å². The van der Waals surface area contributed by atoms with Gasteiger partial charge < -0.3 is 10.4 Å². The molecule has 1 aromatic rings. The molecule has 19 heavy (non-hydrogen) atoms. The molecule has 2 atom stereocenters. The first-order valence-corrected chi connectivity index (χ1v) is 6.79. The van der Waals surface area contributed by atoms with Gasteiger partial charge in [-0.3, -0.25) is 9.59 Å². The number of hydrogen-bond donors (Lipinski definition) is 2. The zero-order valence-corrected chi connectivity index (χ0v) is 11.0. The van der Waals surface area contributed by atoms with E-state index in [0.717, 1.165) is 30.6 Å². The van der Waals surface area contributed by atoms with Crippen LogP contribution in [0.3, 0.4) is 0 Å². The number of ketones is 1. The first kappa shape index (κ1) is 12.5. The van der Waals surface area contributed by atoms with Crippen LogP contribution in [0.2, 0.25) is 5.02 Å². The van der Waals surface area contributed by atoms with Gasteiger partial charge >= 0.3 is 5.97 Å². The fourth-order valence-electron chi connectivity index (χ4n) is 2.67. The van der Waals surface area contributed by atoms with Gasteiger partial charge in [-0.25, -0.2) is 0 Å². The van der Waals surface area contributed by atoms with Gasteiger partial charge in [0, 0.05) is 18.0 Å². The van der Waals surface area contributed by atoms with Crippen LogP contribution in [0.25, 0.3) is 0 Å². The van der Waals surface area contributed by atoms with Crippen molar-refractivity contribution in [3.05, 3.63) is 28.3 Å². The smallest absolute Gasteiger partial charge is 0.307 e. The number of benzene rings is 1. The summed E-state index contributed by atoms with van der Waals surface area (Å²) in [7, 11) is 0. The molecule has 0 radical (unpaired) electrons. The maximum absolute atomic E-state index is 12.2. The van der Waals surface area contributed by atoms with Gasteiger partial charge in [0.15, 0.2) is 5.78 Å². The third kappa shape index (κ3) is 2.21. The Labute approximate surface area is 115 Å². The number of halogens is 1. The normalized spacial score (nSPS) is 24.3. The SMILES string of the molecule is O=C(O)[C@H]1C[C@@H]1C(=O)c1cc(Cl)c2c(c1)CCCN2. The average molecular weight is 280 g/mol. The monoisotopic (exact) mass is 279 g/mol. The fourth-order valence-corrected chi connectivity index (χ4v) is 2.97. The minimum Gasteiger partial charge on any atom is -0.481 e. The van der Waals surface area contributed by atoms with E-state index >= 15 is 0 Å². The van der Waals surface area contributed by atoms with E-state index in [4.69, 9.17) is 16.7 Å². The van der Waals surface area contributed by atoms with Crippen molar-refractivity contribution in [1.82, 2.24) is 0 Å². The van der Waals surface area contributed by atoms with Gasteiger partial charge in [-0.15, -0.1) is 0 Å². The second-order valence-electron chi connectivity index (χ2n) is 5.17. The Morgan fingerprint density at radius 2 is 2.11 bits per heavy atom. The Kier molecular flexibility index (Phi) is 2.97. The van der Waals surface area contributed by atoms with Crippen molar-refractivity contribution in [2.75, 3.05) is 11.9 Å². The van der Waals surface area contributed by atoms with E-state index in [1.54, 1.807) is 6.07 Å². The Morgan fingerprint density at radius 3 is 2.79 bits per heavy atom. The third-order valence-electron chi connectivity index (χ3n) is 3.83. The standard InChI is InChI=1S/C14H14ClNO3/c15-11-5-8(4-7-2-1-3-16-12(7)11)13(17)9-6-10(9)14(18)19/h4-5,9-10,16H,1-3,6H2,(H,18,19)/t9-,10-/m0/s1. The molecule has 5 heteroatoms. The summed E-state index contributed by atoms with van der Waals surface area (Å²) >= 11 is 6.18. The number of Topliss-reactive ketones (excluding diaryl/α,β-unsaturated/α-hetero) is 1. The molecule has 0 amide bonds. The number of carbonyl (C=O) groups is 2. The predicted octanol–water partition coefficient (Wildman–Crippen LogP) is 2.60. The molecule has 0 unspecified atom stereocenters. The number of carboxylic acid groups (broad SMARTS) is 1. The van der Waals surface area contributed by atoms with Gasteiger partial charge in [-0.2, -0.15) is 0 Å². The number of hydrogen-bond acceptors (Lipinski definition) is 3. The summed E-state index contributed by atoms with van der Waals surface area (Å²) in [6.07, 6.45) is 2.36. The first-order chi connectivity index (χ1) is 9.08. The van der Waals surface area contributed by atoms with Crippen LogP contribution in [0.5, 0.6) is 0 Å². The second kappa shape index (κ2) is 4.53. The van der Waals surface area contributed by atoms with E-state index in [-0.39, 0.29) is 11.7 Å². The molecule has 0 bridgehead atoms. The Bertz CT molecular complexity index is 570. The van der Waals surface area contributed by atoms with Crippen LogP contribution in [-0.4, -0.2) is 23.4 Å². The van der Waals surface area contributed by atoms with Crippen molar-refractivity contribution in [1.29, 1.82) is 0 Å². The minimum absolute atomic E-state index is 0.0947. The second-order valence-corrected chi connectivity index (χ2v) is 5.58. The molecule has 0 aromatic heterocycles. The topological polar surface area (TPSA) is 66.4 Å². The maximum atomic E-state index is 12.2. The summed E-state index contributed by atoms with van der Waals surface area (Å²) in [4.78, 5) is 23.0. The largest absolute Gasteiger partial charge is 0.481 e.